The Morgan fingerprint density at radius 1 is 0.857 bits per heavy atom. The first-order valence-corrected chi connectivity index (χ1v) is 8.86. The summed E-state index contributed by atoms with van der Waals surface area (Å²) in [5.41, 5.74) is 16.7. The quantitative estimate of drug-likeness (QED) is 0.609. The number of methoxy groups -OCH3 is 1. The van der Waals surface area contributed by atoms with Gasteiger partial charge in [-0.25, -0.2) is 4.79 Å². The number of hydrogen-bond donors (Lipinski definition) is 3. The molecule has 3 aromatic carbocycles. The van der Waals surface area contributed by atoms with Crippen molar-refractivity contribution < 1.29 is 9.53 Å². The summed E-state index contributed by atoms with van der Waals surface area (Å²) in [6.45, 7) is 2.03. The fourth-order valence-corrected chi connectivity index (χ4v) is 2.96. The highest BCUT2D eigenvalue weighted by molar-refractivity contribution is 5.89. The van der Waals surface area contributed by atoms with Crippen LogP contribution in [0.4, 0.5) is 5.69 Å². The molecule has 5 heteroatoms. The Bertz CT molecular complexity index is 1120. The number of carbonyl (C=O) groups excluding carboxylic acids is 1. The highest BCUT2D eigenvalue weighted by Crippen LogP contribution is 2.11. The lowest BCUT2D eigenvalue weighted by Crippen LogP contribution is -2.35. The Morgan fingerprint density at radius 3 is 2.14 bits per heavy atom. The highest BCUT2D eigenvalue weighted by Gasteiger charge is 2.06. The zero-order chi connectivity index (χ0) is 20.1. The van der Waals surface area contributed by atoms with E-state index in [1.165, 1.54) is 7.11 Å². The lowest BCUT2D eigenvalue weighted by atomic mass is 10.1. The third-order valence-corrected chi connectivity index (χ3v) is 4.42. The van der Waals surface area contributed by atoms with Gasteiger partial charge >= 0.3 is 5.97 Å². The van der Waals surface area contributed by atoms with E-state index in [-0.39, 0.29) is 5.97 Å². The van der Waals surface area contributed by atoms with Gasteiger partial charge in [0.1, 0.15) is 5.82 Å². The molecule has 5 N–H and O–H groups in total. The van der Waals surface area contributed by atoms with E-state index in [9.17, 15) is 4.79 Å². The Morgan fingerprint density at radius 2 is 1.50 bits per heavy atom. The number of nitrogens with one attached hydrogen (secondary N) is 1. The summed E-state index contributed by atoms with van der Waals surface area (Å²) in [5.74, 6) is 0.126. The minimum Gasteiger partial charge on any atom is -0.465 e. The van der Waals surface area contributed by atoms with E-state index in [0.717, 1.165) is 27.3 Å². The van der Waals surface area contributed by atoms with Crippen LogP contribution < -0.4 is 27.2 Å². The van der Waals surface area contributed by atoms with Crippen molar-refractivity contribution in [3.63, 3.8) is 0 Å². The van der Waals surface area contributed by atoms with E-state index >= 15 is 0 Å². The van der Waals surface area contributed by atoms with Crippen molar-refractivity contribution in [3.8, 4) is 0 Å². The predicted molar refractivity (Wildman–Crippen MR) is 113 cm³/mol. The molecule has 0 unspecified atom stereocenters. The molecule has 142 valence electrons. The maximum atomic E-state index is 11.6. The van der Waals surface area contributed by atoms with Gasteiger partial charge in [0.15, 0.2) is 0 Å². The molecule has 0 fully saturated rings. The minimum atomic E-state index is -0.384. The smallest absolute Gasteiger partial charge is 0.337 e. The minimum absolute atomic E-state index is 0.384. The molecule has 0 saturated heterocycles. The van der Waals surface area contributed by atoms with Crippen molar-refractivity contribution >= 4 is 23.2 Å². The number of esters is 1. The second-order valence-electron chi connectivity index (χ2n) is 6.44. The van der Waals surface area contributed by atoms with Gasteiger partial charge in [-0.3, -0.25) is 0 Å². The fourth-order valence-electron chi connectivity index (χ4n) is 2.96. The van der Waals surface area contributed by atoms with Gasteiger partial charge < -0.3 is 21.5 Å². The van der Waals surface area contributed by atoms with Gasteiger partial charge in [-0.2, -0.15) is 0 Å². The molecule has 0 spiro atoms. The van der Waals surface area contributed by atoms with Gasteiger partial charge in [0, 0.05) is 21.8 Å². The summed E-state index contributed by atoms with van der Waals surface area (Å²) in [4.78, 5) is 11.6. The fraction of sp³-hybridized carbons (Fsp3) is 0.0870. The lowest BCUT2D eigenvalue weighted by molar-refractivity contribution is 0.0600. The zero-order valence-corrected chi connectivity index (χ0v) is 15.9. The Labute approximate surface area is 163 Å². The number of hydrogen-bond acceptors (Lipinski definition) is 5. The third kappa shape index (κ3) is 4.15. The first kappa shape index (κ1) is 19.0. The summed E-state index contributed by atoms with van der Waals surface area (Å²) < 4.78 is 4.73. The molecule has 3 aromatic rings. The number of nitrogens with two attached hydrogens (primary N) is 2. The van der Waals surface area contributed by atoms with Crippen molar-refractivity contribution in [2.45, 2.75) is 6.92 Å². The molecule has 0 aliphatic carbocycles. The van der Waals surface area contributed by atoms with Crippen LogP contribution in [-0.2, 0) is 4.74 Å². The number of ether oxygens (including phenoxy) is 1. The number of aryl methyl sites for hydroxylation is 1. The number of carbonyl (C=O) groups is 1. The first-order chi connectivity index (χ1) is 13.5. The molecule has 5 nitrogen and oxygen atoms in total. The summed E-state index contributed by atoms with van der Waals surface area (Å²) in [5, 5.41) is 4.86. The topological polar surface area (TPSA) is 90.4 Å². The molecule has 28 heavy (non-hydrogen) atoms. The molecule has 0 amide bonds. The summed E-state index contributed by atoms with van der Waals surface area (Å²) in [6.07, 6.45) is 0. The summed E-state index contributed by atoms with van der Waals surface area (Å²) in [7, 11) is 1.35. The highest BCUT2D eigenvalue weighted by atomic mass is 16.5. The van der Waals surface area contributed by atoms with Gasteiger partial charge in [-0.1, -0.05) is 48.5 Å². The monoisotopic (exact) mass is 373 g/mol. The van der Waals surface area contributed by atoms with E-state index in [2.05, 4.69) is 5.32 Å². The molecular weight excluding hydrogens is 350 g/mol. The van der Waals surface area contributed by atoms with Crippen LogP contribution in [0.5, 0.6) is 0 Å². The third-order valence-electron chi connectivity index (χ3n) is 4.42. The van der Waals surface area contributed by atoms with Crippen LogP contribution in [0.25, 0.3) is 11.5 Å². The van der Waals surface area contributed by atoms with Gasteiger partial charge in [-0.15, -0.1) is 0 Å². The molecule has 0 bridgehead atoms. The van der Waals surface area contributed by atoms with E-state index < -0.39 is 0 Å². The van der Waals surface area contributed by atoms with E-state index in [4.69, 9.17) is 16.2 Å². The molecule has 0 radical (unpaired) electrons. The van der Waals surface area contributed by atoms with Crippen LogP contribution in [0.2, 0.25) is 0 Å². The first-order valence-electron chi connectivity index (χ1n) is 8.86. The normalized spacial score (nSPS) is 12.8. The molecule has 0 atom stereocenters. The predicted octanol–water partition coefficient (Wildman–Crippen LogP) is 2.03. The van der Waals surface area contributed by atoms with Crippen molar-refractivity contribution in [1.29, 1.82) is 0 Å². The average Bonchev–Trinajstić information content (AvgIpc) is 2.72. The maximum absolute atomic E-state index is 11.6. The van der Waals surface area contributed by atoms with Crippen LogP contribution >= 0.6 is 0 Å². The molecule has 0 saturated carbocycles. The molecule has 3 rings (SSSR count). The largest absolute Gasteiger partial charge is 0.465 e. The van der Waals surface area contributed by atoms with Crippen molar-refractivity contribution in [2.75, 3.05) is 12.4 Å². The Kier molecular flexibility index (Phi) is 5.65. The summed E-state index contributed by atoms with van der Waals surface area (Å²) >= 11 is 0. The van der Waals surface area contributed by atoms with Crippen LogP contribution in [0.3, 0.4) is 0 Å². The van der Waals surface area contributed by atoms with Gasteiger partial charge in [-0.05, 0) is 42.3 Å². The lowest BCUT2D eigenvalue weighted by Gasteiger charge is -2.09. The average molecular weight is 373 g/mol. The van der Waals surface area contributed by atoms with Crippen molar-refractivity contribution in [1.82, 2.24) is 0 Å². The van der Waals surface area contributed by atoms with Crippen molar-refractivity contribution in [2.24, 2.45) is 11.5 Å². The summed E-state index contributed by atoms with van der Waals surface area (Å²) in [6, 6.07) is 22.6. The second-order valence-corrected chi connectivity index (χ2v) is 6.44. The maximum Gasteiger partial charge on any atom is 0.337 e. The van der Waals surface area contributed by atoms with E-state index in [1.807, 2.05) is 55.5 Å². The standard InChI is InChI=1S/C23H23N3O2/c1-15-6-5-7-18(14-15)26-22(25)20-9-4-3-8-19(20)21(24)16-10-12-17(13-11-16)23(27)28-2/h3-14,26H,24-25H2,1-2H3/b21-19-,22-20+. The molecular formula is C23H23N3O2. The van der Waals surface area contributed by atoms with E-state index in [0.29, 0.717) is 17.1 Å². The number of benzene rings is 3. The number of rotatable bonds is 4. The van der Waals surface area contributed by atoms with Gasteiger partial charge in [0.05, 0.1) is 12.7 Å². The van der Waals surface area contributed by atoms with Gasteiger partial charge in [0.25, 0.3) is 0 Å². The van der Waals surface area contributed by atoms with Crippen LogP contribution in [-0.4, -0.2) is 13.1 Å². The van der Waals surface area contributed by atoms with Crippen LogP contribution in [0, 0.1) is 6.92 Å². The van der Waals surface area contributed by atoms with E-state index in [1.54, 1.807) is 24.3 Å². The molecule has 0 heterocycles. The van der Waals surface area contributed by atoms with Crippen LogP contribution in [0.15, 0.2) is 72.8 Å². The Balaban J connectivity index is 2.08. The van der Waals surface area contributed by atoms with Crippen molar-refractivity contribution in [3.05, 3.63) is 99.9 Å². The van der Waals surface area contributed by atoms with Crippen LogP contribution in [0.1, 0.15) is 21.5 Å². The Hall–Kier alpha value is -3.73. The van der Waals surface area contributed by atoms with Gasteiger partial charge in [0.2, 0.25) is 0 Å². The SMILES string of the molecule is COC(=O)c1ccc(/C(N)=c2\cccc\c2=C(\N)Nc2cccc(C)c2)cc1. The number of anilines is 1. The second kappa shape index (κ2) is 8.31. The molecule has 0 aliphatic heterocycles. The zero-order valence-electron chi connectivity index (χ0n) is 15.9. The molecule has 0 aliphatic rings. The molecule has 0 aromatic heterocycles.